The van der Waals surface area contributed by atoms with Gasteiger partial charge in [-0.25, -0.2) is 4.79 Å². The summed E-state index contributed by atoms with van der Waals surface area (Å²) in [7, 11) is 0. The van der Waals surface area contributed by atoms with E-state index in [9.17, 15) is 4.79 Å². The Labute approximate surface area is 137 Å². The van der Waals surface area contributed by atoms with Gasteiger partial charge in [0.05, 0.1) is 10.7 Å². The summed E-state index contributed by atoms with van der Waals surface area (Å²) >= 11 is 6.27. The first-order valence-corrected chi connectivity index (χ1v) is 7.85. The lowest BCUT2D eigenvalue weighted by atomic mass is 10.1. The Morgan fingerprint density at radius 2 is 2.05 bits per heavy atom. The van der Waals surface area contributed by atoms with Gasteiger partial charge in [-0.15, -0.1) is 0 Å². The summed E-state index contributed by atoms with van der Waals surface area (Å²) in [6, 6.07) is 5.57. The lowest BCUT2D eigenvalue weighted by Crippen LogP contribution is -2.55. The number of piperazine rings is 1. The second-order valence-corrected chi connectivity index (χ2v) is 7.09. The number of benzene rings is 1. The summed E-state index contributed by atoms with van der Waals surface area (Å²) in [4.78, 5) is 16.2. The molecule has 1 fully saturated rings. The van der Waals surface area contributed by atoms with Gasteiger partial charge in [0.1, 0.15) is 5.60 Å². The van der Waals surface area contributed by atoms with E-state index in [1.807, 2.05) is 39.8 Å². The minimum Gasteiger partial charge on any atom is -0.444 e. The number of carbonyl (C=O) groups is 1. The molecule has 0 spiro atoms. The highest BCUT2D eigenvalue weighted by atomic mass is 35.5. The predicted molar refractivity (Wildman–Crippen MR) is 90.5 cm³/mol. The fourth-order valence-corrected chi connectivity index (χ4v) is 2.86. The van der Waals surface area contributed by atoms with Gasteiger partial charge in [0.25, 0.3) is 0 Å². The van der Waals surface area contributed by atoms with Crippen molar-refractivity contribution in [2.75, 3.05) is 30.3 Å². The molecule has 1 saturated heterocycles. The van der Waals surface area contributed by atoms with E-state index in [2.05, 4.69) is 4.90 Å². The van der Waals surface area contributed by atoms with E-state index in [0.717, 1.165) is 5.69 Å². The number of hydrogen-bond donors (Lipinski definition) is 1. The molecule has 0 aliphatic carbocycles. The predicted octanol–water partition coefficient (Wildman–Crippen LogP) is 3.37. The normalized spacial score (nSPS) is 19.2. The van der Waals surface area contributed by atoms with Crippen LogP contribution < -0.4 is 10.6 Å². The molecular formula is C16H24ClN3O2. The molecule has 0 saturated carbocycles. The summed E-state index contributed by atoms with van der Waals surface area (Å²) < 4.78 is 5.45. The Kier molecular flexibility index (Phi) is 4.75. The van der Waals surface area contributed by atoms with Crippen molar-refractivity contribution in [2.45, 2.75) is 39.3 Å². The molecule has 2 rings (SSSR count). The molecule has 0 aromatic heterocycles. The Morgan fingerprint density at radius 1 is 1.36 bits per heavy atom. The molecule has 122 valence electrons. The quantitative estimate of drug-likeness (QED) is 0.804. The van der Waals surface area contributed by atoms with Crippen molar-refractivity contribution in [3.63, 3.8) is 0 Å². The van der Waals surface area contributed by atoms with E-state index < -0.39 is 5.60 Å². The van der Waals surface area contributed by atoms with Crippen LogP contribution in [-0.2, 0) is 4.74 Å². The third-order valence-corrected chi connectivity index (χ3v) is 3.87. The van der Waals surface area contributed by atoms with Crippen LogP contribution >= 0.6 is 11.6 Å². The zero-order valence-electron chi connectivity index (χ0n) is 13.6. The lowest BCUT2D eigenvalue weighted by molar-refractivity contribution is 0.0159. The average Bonchev–Trinajstić information content (AvgIpc) is 2.36. The van der Waals surface area contributed by atoms with Gasteiger partial charge in [0.15, 0.2) is 0 Å². The molecule has 0 unspecified atom stereocenters. The van der Waals surface area contributed by atoms with Gasteiger partial charge in [0, 0.05) is 31.4 Å². The van der Waals surface area contributed by atoms with Crippen LogP contribution in [-0.4, -0.2) is 42.3 Å². The van der Waals surface area contributed by atoms with Gasteiger partial charge >= 0.3 is 6.09 Å². The van der Waals surface area contributed by atoms with Crippen LogP contribution in [0.4, 0.5) is 16.2 Å². The van der Waals surface area contributed by atoms with Crippen molar-refractivity contribution in [3.05, 3.63) is 23.2 Å². The molecule has 1 heterocycles. The molecule has 1 aromatic rings. The minimum atomic E-state index is -0.478. The molecule has 1 aliphatic rings. The second-order valence-electron chi connectivity index (χ2n) is 6.68. The van der Waals surface area contributed by atoms with Crippen LogP contribution in [0.25, 0.3) is 0 Å². The lowest BCUT2D eigenvalue weighted by Gasteiger charge is -2.41. The largest absolute Gasteiger partial charge is 0.444 e. The van der Waals surface area contributed by atoms with E-state index in [1.165, 1.54) is 0 Å². The van der Waals surface area contributed by atoms with E-state index in [-0.39, 0.29) is 12.1 Å². The summed E-state index contributed by atoms with van der Waals surface area (Å²) in [5.41, 5.74) is 6.85. The van der Waals surface area contributed by atoms with Crippen LogP contribution in [0.5, 0.6) is 0 Å². The minimum absolute atomic E-state index is 0.0530. The maximum absolute atomic E-state index is 12.2. The standard InChI is InChI=1S/C16H24ClN3O2/c1-11-10-19(14-6-5-12(18)9-13(14)17)7-8-20(11)15(21)22-16(2,3)4/h5-6,9,11H,7-8,10,18H2,1-4H3/t11-/m1/s1. The Balaban J connectivity index is 2.05. The molecule has 1 aliphatic heterocycles. The van der Waals surface area contributed by atoms with E-state index in [4.69, 9.17) is 22.1 Å². The molecule has 2 N–H and O–H groups in total. The maximum atomic E-state index is 12.2. The van der Waals surface area contributed by atoms with Gasteiger partial charge in [-0.1, -0.05) is 11.6 Å². The highest BCUT2D eigenvalue weighted by Crippen LogP contribution is 2.29. The first kappa shape index (κ1) is 16.7. The molecule has 1 aromatic carbocycles. The van der Waals surface area contributed by atoms with Crippen molar-refractivity contribution in [1.29, 1.82) is 0 Å². The molecule has 5 nitrogen and oxygen atoms in total. The van der Waals surface area contributed by atoms with Crippen molar-refractivity contribution >= 4 is 29.1 Å². The Bertz CT molecular complexity index is 557. The van der Waals surface area contributed by atoms with Gasteiger partial charge in [-0.3, -0.25) is 0 Å². The summed E-state index contributed by atoms with van der Waals surface area (Å²) in [6.07, 6.45) is -0.261. The van der Waals surface area contributed by atoms with Crippen molar-refractivity contribution in [2.24, 2.45) is 0 Å². The molecule has 1 atom stereocenters. The third kappa shape index (κ3) is 3.97. The molecule has 0 radical (unpaired) electrons. The third-order valence-electron chi connectivity index (χ3n) is 3.57. The highest BCUT2D eigenvalue weighted by Gasteiger charge is 2.31. The SMILES string of the molecule is C[C@@H]1CN(c2ccc(N)cc2Cl)CCN1C(=O)OC(C)(C)C. The maximum Gasteiger partial charge on any atom is 0.410 e. The number of amides is 1. The average molecular weight is 326 g/mol. The zero-order valence-corrected chi connectivity index (χ0v) is 14.4. The van der Waals surface area contributed by atoms with Crippen molar-refractivity contribution in [3.8, 4) is 0 Å². The first-order valence-electron chi connectivity index (χ1n) is 7.47. The van der Waals surface area contributed by atoms with Crippen molar-refractivity contribution in [1.82, 2.24) is 4.90 Å². The van der Waals surface area contributed by atoms with Gasteiger partial charge < -0.3 is 20.3 Å². The molecule has 1 amide bonds. The van der Waals surface area contributed by atoms with Gasteiger partial charge in [0.2, 0.25) is 0 Å². The van der Waals surface area contributed by atoms with Crippen molar-refractivity contribution < 1.29 is 9.53 Å². The monoisotopic (exact) mass is 325 g/mol. The first-order chi connectivity index (χ1) is 10.2. The number of anilines is 2. The number of rotatable bonds is 1. The topological polar surface area (TPSA) is 58.8 Å². The Hall–Kier alpha value is -1.62. The van der Waals surface area contributed by atoms with E-state index >= 15 is 0 Å². The number of nitrogen functional groups attached to an aromatic ring is 1. The van der Waals surface area contributed by atoms with Crippen LogP contribution in [0, 0.1) is 0 Å². The zero-order chi connectivity index (χ0) is 16.5. The number of hydrogen-bond acceptors (Lipinski definition) is 4. The summed E-state index contributed by atoms with van der Waals surface area (Å²) in [5, 5.41) is 0.637. The molecule has 0 bridgehead atoms. The van der Waals surface area contributed by atoms with E-state index in [1.54, 1.807) is 11.0 Å². The van der Waals surface area contributed by atoms with Crippen LogP contribution in [0.3, 0.4) is 0 Å². The fraction of sp³-hybridized carbons (Fsp3) is 0.562. The fourth-order valence-electron chi connectivity index (χ4n) is 2.55. The highest BCUT2D eigenvalue weighted by molar-refractivity contribution is 6.33. The second kappa shape index (κ2) is 6.24. The summed E-state index contributed by atoms with van der Waals surface area (Å²) in [6.45, 7) is 9.67. The number of carbonyl (C=O) groups excluding carboxylic acids is 1. The Morgan fingerprint density at radius 3 is 2.59 bits per heavy atom. The van der Waals surface area contributed by atoms with Crippen LogP contribution in [0.15, 0.2) is 18.2 Å². The number of nitrogens with two attached hydrogens (primary N) is 1. The van der Waals surface area contributed by atoms with Crippen LogP contribution in [0.1, 0.15) is 27.7 Å². The van der Waals surface area contributed by atoms with E-state index in [0.29, 0.717) is 30.3 Å². The molecular weight excluding hydrogens is 302 g/mol. The number of halogens is 1. The molecule has 22 heavy (non-hydrogen) atoms. The van der Waals surface area contributed by atoms with Gasteiger partial charge in [-0.2, -0.15) is 0 Å². The number of ether oxygens (including phenoxy) is 1. The smallest absolute Gasteiger partial charge is 0.410 e. The van der Waals surface area contributed by atoms with Gasteiger partial charge in [-0.05, 0) is 45.9 Å². The number of nitrogens with zero attached hydrogens (tertiary/aromatic N) is 2. The summed E-state index contributed by atoms with van der Waals surface area (Å²) in [5.74, 6) is 0. The van der Waals surface area contributed by atoms with Crippen LogP contribution in [0.2, 0.25) is 5.02 Å². The molecule has 6 heteroatoms.